The van der Waals surface area contributed by atoms with Crippen LogP contribution in [0, 0.1) is 0 Å². The van der Waals surface area contributed by atoms with Crippen molar-refractivity contribution >= 4 is 46.4 Å². The molecule has 0 bridgehead atoms. The summed E-state index contributed by atoms with van der Waals surface area (Å²) in [4.78, 5) is 23.9. The molecule has 3 rings (SSSR count). The maximum absolute atomic E-state index is 12.7. The predicted octanol–water partition coefficient (Wildman–Crippen LogP) is 5.10. The summed E-state index contributed by atoms with van der Waals surface area (Å²) in [5.74, 6) is 0.227. The highest BCUT2D eigenvalue weighted by atomic mass is 35.5. The molecule has 2 aromatic carbocycles. The number of alkyl halides is 2. The van der Waals surface area contributed by atoms with Gasteiger partial charge in [-0.1, -0.05) is 18.2 Å². The molecule has 0 aromatic heterocycles. The van der Waals surface area contributed by atoms with Crippen molar-refractivity contribution in [1.29, 1.82) is 0 Å². The van der Waals surface area contributed by atoms with Gasteiger partial charge in [-0.05, 0) is 56.2 Å². The topological polar surface area (TPSA) is 67.4 Å². The minimum atomic E-state index is -1.10. The first-order valence-corrected chi connectivity index (χ1v) is 9.68. The van der Waals surface area contributed by atoms with Crippen LogP contribution >= 0.6 is 23.2 Å². The van der Waals surface area contributed by atoms with Crippen LogP contribution in [0.1, 0.15) is 38.7 Å². The van der Waals surface area contributed by atoms with Crippen LogP contribution < -0.4 is 15.4 Å². The van der Waals surface area contributed by atoms with Gasteiger partial charge in [0.15, 0.2) is 5.60 Å². The van der Waals surface area contributed by atoms with Crippen LogP contribution in [0.15, 0.2) is 48.5 Å². The van der Waals surface area contributed by atoms with E-state index in [1.165, 1.54) is 6.92 Å². The van der Waals surface area contributed by atoms with Gasteiger partial charge in [0, 0.05) is 24.2 Å². The predicted molar refractivity (Wildman–Crippen MR) is 112 cm³/mol. The third-order valence-electron chi connectivity index (χ3n) is 4.47. The van der Waals surface area contributed by atoms with Crippen LogP contribution in [0.2, 0.25) is 0 Å². The first kappa shape index (κ1) is 20.5. The Morgan fingerprint density at radius 1 is 1.07 bits per heavy atom. The van der Waals surface area contributed by atoms with Crippen molar-refractivity contribution in [2.75, 3.05) is 10.6 Å². The zero-order chi connectivity index (χ0) is 20.5. The number of carbonyl (C=O) groups is 2. The van der Waals surface area contributed by atoms with Crippen LogP contribution in [0.3, 0.4) is 0 Å². The molecule has 0 radical (unpaired) electrons. The van der Waals surface area contributed by atoms with Crippen molar-refractivity contribution in [2.45, 2.75) is 43.0 Å². The molecule has 0 saturated heterocycles. The number of amides is 2. The molecule has 1 saturated carbocycles. The Labute approximate surface area is 174 Å². The van der Waals surface area contributed by atoms with Gasteiger partial charge in [0.2, 0.25) is 5.91 Å². The van der Waals surface area contributed by atoms with Crippen LogP contribution in [-0.4, -0.2) is 21.7 Å². The van der Waals surface area contributed by atoms with E-state index in [2.05, 4.69) is 10.6 Å². The molecule has 0 spiro atoms. The summed E-state index contributed by atoms with van der Waals surface area (Å²) in [6, 6.07) is 14.4. The molecule has 1 aliphatic carbocycles. The second kappa shape index (κ2) is 7.64. The number of benzene rings is 2. The molecule has 1 aliphatic rings. The van der Waals surface area contributed by atoms with Crippen LogP contribution in [0.5, 0.6) is 5.75 Å². The monoisotopic (exact) mass is 420 g/mol. The minimum absolute atomic E-state index is 0.136. The zero-order valence-corrected chi connectivity index (χ0v) is 17.4. The Hall–Kier alpha value is -2.24. The number of hydrogen-bond donors (Lipinski definition) is 2. The van der Waals surface area contributed by atoms with Gasteiger partial charge < -0.3 is 15.4 Å². The van der Waals surface area contributed by atoms with Gasteiger partial charge in [-0.15, -0.1) is 23.2 Å². The highest BCUT2D eigenvalue weighted by Gasteiger charge is 2.52. The van der Waals surface area contributed by atoms with Gasteiger partial charge >= 0.3 is 0 Å². The minimum Gasteiger partial charge on any atom is -0.478 e. The van der Waals surface area contributed by atoms with Gasteiger partial charge in [0.05, 0.1) is 0 Å². The van der Waals surface area contributed by atoms with E-state index in [0.717, 1.165) is 12.0 Å². The zero-order valence-electron chi connectivity index (χ0n) is 15.9. The Kier molecular flexibility index (Phi) is 5.60. The fraction of sp³-hybridized carbons (Fsp3) is 0.333. The molecule has 0 heterocycles. The fourth-order valence-corrected chi connectivity index (χ4v) is 3.40. The summed E-state index contributed by atoms with van der Waals surface area (Å²) in [5, 5.41) is 5.50. The SMILES string of the molecule is CC(=O)Nc1cccc(NC(=O)C(C)(C)Oc2ccc([C@H]3CC3(Cl)Cl)cc2)c1. The number of anilines is 2. The molecule has 0 aliphatic heterocycles. The van der Waals surface area contributed by atoms with E-state index in [9.17, 15) is 9.59 Å². The Morgan fingerprint density at radius 3 is 2.18 bits per heavy atom. The van der Waals surface area contributed by atoms with Crippen molar-refractivity contribution < 1.29 is 14.3 Å². The second-order valence-corrected chi connectivity index (χ2v) is 8.96. The molecule has 7 heteroatoms. The summed E-state index contributed by atoms with van der Waals surface area (Å²) in [7, 11) is 0. The smallest absolute Gasteiger partial charge is 0.267 e. The quantitative estimate of drug-likeness (QED) is 0.638. The van der Waals surface area contributed by atoms with E-state index >= 15 is 0 Å². The largest absolute Gasteiger partial charge is 0.478 e. The van der Waals surface area contributed by atoms with Crippen molar-refractivity contribution in [2.24, 2.45) is 0 Å². The van der Waals surface area contributed by atoms with Gasteiger partial charge in [-0.25, -0.2) is 0 Å². The highest BCUT2D eigenvalue weighted by molar-refractivity contribution is 6.51. The second-order valence-electron chi connectivity index (χ2n) is 7.42. The van der Waals surface area contributed by atoms with Crippen molar-refractivity contribution in [3.05, 3.63) is 54.1 Å². The highest BCUT2D eigenvalue weighted by Crippen LogP contribution is 2.59. The fourth-order valence-electron chi connectivity index (χ4n) is 2.84. The van der Waals surface area contributed by atoms with E-state index in [1.807, 2.05) is 24.3 Å². The lowest BCUT2D eigenvalue weighted by Gasteiger charge is -2.25. The van der Waals surface area contributed by atoms with Crippen LogP contribution in [0.25, 0.3) is 0 Å². The Morgan fingerprint density at radius 2 is 1.64 bits per heavy atom. The number of halogens is 2. The summed E-state index contributed by atoms with van der Waals surface area (Å²) in [5.41, 5.74) is 1.12. The number of nitrogens with one attached hydrogen (secondary N) is 2. The molecule has 1 atom stereocenters. The van der Waals surface area contributed by atoms with Crippen molar-refractivity contribution in [3.63, 3.8) is 0 Å². The normalized spacial score (nSPS) is 17.5. The maximum atomic E-state index is 12.7. The molecule has 5 nitrogen and oxygen atoms in total. The average Bonchev–Trinajstić information content (AvgIpc) is 3.23. The van der Waals surface area contributed by atoms with Gasteiger partial charge in [0.1, 0.15) is 10.1 Å². The van der Waals surface area contributed by atoms with E-state index in [1.54, 1.807) is 38.1 Å². The number of rotatable bonds is 6. The Bertz CT molecular complexity index is 895. The molecule has 2 amide bonds. The van der Waals surface area contributed by atoms with E-state index in [-0.39, 0.29) is 17.7 Å². The van der Waals surface area contributed by atoms with Crippen molar-refractivity contribution in [1.82, 2.24) is 0 Å². The van der Waals surface area contributed by atoms with Gasteiger partial charge in [-0.2, -0.15) is 0 Å². The Balaban J connectivity index is 1.64. The number of hydrogen-bond acceptors (Lipinski definition) is 3. The van der Waals surface area contributed by atoms with Gasteiger partial charge in [-0.3, -0.25) is 9.59 Å². The standard InChI is InChI=1S/C21H22Cl2N2O3/c1-13(26)24-15-5-4-6-16(11-15)25-19(27)20(2,3)28-17-9-7-14(8-10-17)18-12-21(18,22)23/h4-11,18H,12H2,1-3H3,(H,24,26)(H,25,27)/t18-/m1/s1. The lowest BCUT2D eigenvalue weighted by Crippen LogP contribution is -2.42. The molecular weight excluding hydrogens is 399 g/mol. The van der Waals surface area contributed by atoms with Crippen LogP contribution in [0.4, 0.5) is 11.4 Å². The van der Waals surface area contributed by atoms with E-state index in [0.29, 0.717) is 17.1 Å². The molecule has 2 aromatic rings. The molecule has 2 N–H and O–H groups in total. The molecule has 148 valence electrons. The first-order chi connectivity index (χ1) is 13.1. The lowest BCUT2D eigenvalue weighted by atomic mass is 10.1. The maximum Gasteiger partial charge on any atom is 0.267 e. The summed E-state index contributed by atoms with van der Waals surface area (Å²) >= 11 is 12.2. The van der Waals surface area contributed by atoms with Crippen LogP contribution in [-0.2, 0) is 9.59 Å². The molecular formula is C21H22Cl2N2O3. The lowest BCUT2D eigenvalue weighted by molar-refractivity contribution is -0.128. The number of carbonyl (C=O) groups excluding carboxylic acids is 2. The molecule has 0 unspecified atom stereocenters. The summed E-state index contributed by atoms with van der Waals surface area (Å²) in [6.07, 6.45) is 0.738. The molecule has 1 fully saturated rings. The van der Waals surface area contributed by atoms with E-state index in [4.69, 9.17) is 27.9 Å². The summed E-state index contributed by atoms with van der Waals surface area (Å²) in [6.45, 7) is 4.81. The van der Waals surface area contributed by atoms with E-state index < -0.39 is 9.93 Å². The first-order valence-electron chi connectivity index (χ1n) is 8.93. The third-order valence-corrected chi connectivity index (χ3v) is 5.30. The average molecular weight is 421 g/mol. The summed E-state index contributed by atoms with van der Waals surface area (Å²) < 4.78 is 5.22. The van der Waals surface area contributed by atoms with Crippen molar-refractivity contribution in [3.8, 4) is 5.75 Å². The third kappa shape index (κ3) is 4.97. The van der Waals surface area contributed by atoms with Gasteiger partial charge in [0.25, 0.3) is 5.91 Å². The number of ether oxygens (including phenoxy) is 1. The molecule has 28 heavy (non-hydrogen) atoms.